The first-order valence-electron chi connectivity index (χ1n) is 9.97. The predicted octanol–water partition coefficient (Wildman–Crippen LogP) is 6.37. The van der Waals surface area contributed by atoms with Crippen molar-refractivity contribution >= 4 is 39.7 Å². The molecule has 3 aromatic rings. The van der Waals surface area contributed by atoms with E-state index in [9.17, 15) is 4.79 Å². The average molecular weight is 413 g/mol. The molecule has 0 N–H and O–H groups in total. The van der Waals surface area contributed by atoms with Gasteiger partial charge >= 0.3 is 0 Å². The molecular formula is C23H25ClN2OS. The summed E-state index contributed by atoms with van der Waals surface area (Å²) in [5.41, 5.74) is 3.00. The molecule has 0 unspecified atom stereocenters. The highest BCUT2D eigenvalue weighted by molar-refractivity contribution is 7.09. The maximum absolute atomic E-state index is 13.3. The van der Waals surface area contributed by atoms with Gasteiger partial charge in [-0.15, -0.1) is 11.3 Å². The van der Waals surface area contributed by atoms with Crippen LogP contribution in [0.2, 0.25) is 5.15 Å². The molecular weight excluding hydrogens is 388 g/mol. The molecule has 0 aliphatic heterocycles. The van der Waals surface area contributed by atoms with Crippen molar-refractivity contribution in [3.05, 3.63) is 62.9 Å². The van der Waals surface area contributed by atoms with Gasteiger partial charge in [-0.3, -0.25) is 4.79 Å². The normalized spacial score (nSPS) is 15.1. The van der Waals surface area contributed by atoms with Gasteiger partial charge < -0.3 is 4.90 Å². The third-order valence-electron chi connectivity index (χ3n) is 5.55. The minimum absolute atomic E-state index is 0.142. The minimum Gasteiger partial charge on any atom is -0.333 e. The number of hydrogen-bond donors (Lipinski definition) is 0. The van der Waals surface area contributed by atoms with E-state index in [0.29, 0.717) is 18.2 Å². The van der Waals surface area contributed by atoms with Gasteiger partial charge in [0.1, 0.15) is 5.15 Å². The van der Waals surface area contributed by atoms with Crippen molar-refractivity contribution in [3.8, 4) is 0 Å². The van der Waals surface area contributed by atoms with Crippen LogP contribution < -0.4 is 0 Å². The molecule has 2 aromatic heterocycles. The van der Waals surface area contributed by atoms with Crippen LogP contribution in [0.5, 0.6) is 0 Å². The zero-order chi connectivity index (χ0) is 19.5. The number of rotatable bonds is 5. The van der Waals surface area contributed by atoms with Crippen molar-refractivity contribution in [1.82, 2.24) is 9.88 Å². The highest BCUT2D eigenvalue weighted by Crippen LogP contribution is 2.29. The third-order valence-corrected chi connectivity index (χ3v) is 6.74. The Morgan fingerprint density at radius 2 is 2.00 bits per heavy atom. The summed E-state index contributed by atoms with van der Waals surface area (Å²) in [6.07, 6.45) is 5.56. The van der Waals surface area contributed by atoms with Crippen molar-refractivity contribution < 1.29 is 4.79 Å². The summed E-state index contributed by atoms with van der Waals surface area (Å²) in [6.45, 7) is 3.21. The molecule has 0 saturated heterocycles. The van der Waals surface area contributed by atoms with Crippen LogP contribution in [0.15, 0.2) is 41.8 Å². The van der Waals surface area contributed by atoms with Crippen LogP contribution in [-0.4, -0.2) is 15.8 Å². The largest absolute Gasteiger partial charge is 0.333 e. The van der Waals surface area contributed by atoms with E-state index in [4.69, 9.17) is 11.6 Å². The second kappa shape index (κ2) is 8.62. The van der Waals surface area contributed by atoms with Crippen LogP contribution in [0.4, 0.5) is 0 Å². The molecule has 28 heavy (non-hydrogen) atoms. The molecule has 1 fully saturated rings. The van der Waals surface area contributed by atoms with E-state index in [1.54, 1.807) is 11.3 Å². The molecule has 0 atom stereocenters. The number of carbonyl (C=O) groups excluding carboxylic acids is 1. The molecule has 146 valence electrons. The lowest BCUT2D eigenvalue weighted by Gasteiger charge is -2.29. The molecule has 1 aliphatic rings. The molecule has 3 nitrogen and oxygen atoms in total. The fraction of sp³-hybridized carbons (Fsp3) is 0.391. The standard InChI is InChI=1S/C23H25ClN2OS/c1-16-9-10-21-18(12-16)13-19(22(24)25-21)14-26(15-20-8-5-11-28-20)23(27)17-6-3-2-4-7-17/h5,8-13,17H,2-4,6-7,14-15H2,1H3. The van der Waals surface area contributed by atoms with Crippen LogP contribution in [-0.2, 0) is 17.9 Å². The summed E-state index contributed by atoms with van der Waals surface area (Å²) in [5, 5.41) is 3.62. The number of halogens is 1. The SMILES string of the molecule is Cc1ccc2nc(Cl)c(CN(Cc3cccs3)C(=O)C3CCCCC3)cc2c1. The summed E-state index contributed by atoms with van der Waals surface area (Å²) in [4.78, 5) is 21.1. The van der Waals surface area contributed by atoms with Gasteiger partial charge in [0.15, 0.2) is 0 Å². The summed E-state index contributed by atoms with van der Waals surface area (Å²) in [7, 11) is 0. The van der Waals surface area contributed by atoms with Crippen LogP contribution in [0.3, 0.4) is 0 Å². The average Bonchev–Trinajstić information content (AvgIpc) is 3.21. The molecule has 4 rings (SSSR count). The molecule has 1 saturated carbocycles. The van der Waals surface area contributed by atoms with Gasteiger partial charge in [-0.2, -0.15) is 0 Å². The number of carbonyl (C=O) groups is 1. The van der Waals surface area contributed by atoms with E-state index >= 15 is 0 Å². The van der Waals surface area contributed by atoms with Gasteiger partial charge in [0, 0.05) is 28.3 Å². The molecule has 0 bridgehead atoms. The van der Waals surface area contributed by atoms with Gasteiger partial charge in [0.05, 0.1) is 12.1 Å². The fourth-order valence-electron chi connectivity index (χ4n) is 4.04. The Labute approximate surface area is 175 Å². The molecule has 1 aliphatic carbocycles. The number of benzene rings is 1. The van der Waals surface area contributed by atoms with Crippen LogP contribution in [0, 0.1) is 12.8 Å². The molecule has 2 heterocycles. The zero-order valence-electron chi connectivity index (χ0n) is 16.2. The van der Waals surface area contributed by atoms with Gasteiger partial charge in [0.2, 0.25) is 5.91 Å². The van der Waals surface area contributed by atoms with Gasteiger partial charge in [-0.05, 0) is 49.4 Å². The maximum Gasteiger partial charge on any atom is 0.226 e. The van der Waals surface area contributed by atoms with Crippen molar-refractivity contribution in [3.63, 3.8) is 0 Å². The molecule has 0 spiro atoms. The second-order valence-electron chi connectivity index (χ2n) is 7.74. The van der Waals surface area contributed by atoms with E-state index in [0.717, 1.165) is 42.1 Å². The smallest absolute Gasteiger partial charge is 0.226 e. The Hall–Kier alpha value is -1.91. The Morgan fingerprint density at radius 3 is 2.75 bits per heavy atom. The van der Waals surface area contributed by atoms with E-state index in [-0.39, 0.29) is 11.8 Å². The number of amides is 1. The first-order chi connectivity index (χ1) is 13.6. The molecule has 1 amide bonds. The third kappa shape index (κ3) is 4.39. The lowest BCUT2D eigenvalue weighted by molar-refractivity contribution is -0.137. The Balaban J connectivity index is 1.63. The van der Waals surface area contributed by atoms with Crippen LogP contribution >= 0.6 is 22.9 Å². The van der Waals surface area contributed by atoms with Gasteiger partial charge in [0.25, 0.3) is 0 Å². The number of fused-ring (bicyclic) bond motifs is 1. The summed E-state index contributed by atoms with van der Waals surface area (Å²) < 4.78 is 0. The van der Waals surface area contributed by atoms with E-state index in [1.807, 2.05) is 23.1 Å². The lowest BCUT2D eigenvalue weighted by atomic mass is 9.88. The summed E-state index contributed by atoms with van der Waals surface area (Å²) in [5.74, 6) is 0.400. The highest BCUT2D eigenvalue weighted by Gasteiger charge is 2.27. The predicted molar refractivity (Wildman–Crippen MR) is 117 cm³/mol. The summed E-state index contributed by atoms with van der Waals surface area (Å²) in [6, 6.07) is 12.4. The summed E-state index contributed by atoms with van der Waals surface area (Å²) >= 11 is 8.21. The first-order valence-corrected chi connectivity index (χ1v) is 11.2. The number of aryl methyl sites for hydroxylation is 1. The number of pyridine rings is 1. The van der Waals surface area contributed by atoms with Crippen LogP contribution in [0.25, 0.3) is 10.9 Å². The topological polar surface area (TPSA) is 33.2 Å². The maximum atomic E-state index is 13.3. The number of nitrogens with zero attached hydrogens (tertiary/aromatic N) is 2. The molecule has 0 radical (unpaired) electrons. The fourth-order valence-corrected chi connectivity index (χ4v) is 4.97. The number of hydrogen-bond acceptors (Lipinski definition) is 3. The van der Waals surface area contributed by atoms with Gasteiger partial charge in [-0.25, -0.2) is 4.98 Å². The second-order valence-corrected chi connectivity index (χ2v) is 9.13. The Kier molecular flexibility index (Phi) is 5.98. The van der Waals surface area contributed by atoms with Crippen molar-refractivity contribution in [2.24, 2.45) is 5.92 Å². The quantitative estimate of drug-likeness (QED) is 0.456. The Bertz CT molecular complexity index is 964. The molecule has 1 aromatic carbocycles. The lowest BCUT2D eigenvalue weighted by Crippen LogP contribution is -2.36. The molecule has 5 heteroatoms. The van der Waals surface area contributed by atoms with Crippen LogP contribution in [0.1, 0.15) is 48.1 Å². The number of aromatic nitrogens is 1. The van der Waals surface area contributed by atoms with Gasteiger partial charge in [-0.1, -0.05) is 48.6 Å². The Morgan fingerprint density at radius 1 is 1.18 bits per heavy atom. The van der Waals surface area contributed by atoms with E-state index < -0.39 is 0 Å². The van der Waals surface area contributed by atoms with E-state index in [2.05, 4.69) is 35.5 Å². The zero-order valence-corrected chi connectivity index (χ0v) is 17.7. The first kappa shape index (κ1) is 19.4. The van der Waals surface area contributed by atoms with Crippen molar-refractivity contribution in [2.75, 3.05) is 0 Å². The van der Waals surface area contributed by atoms with E-state index in [1.165, 1.54) is 16.9 Å². The van der Waals surface area contributed by atoms with Crippen molar-refractivity contribution in [2.45, 2.75) is 52.1 Å². The van der Waals surface area contributed by atoms with Crippen molar-refractivity contribution in [1.29, 1.82) is 0 Å². The monoisotopic (exact) mass is 412 g/mol. The number of thiophene rings is 1. The minimum atomic E-state index is 0.142. The highest BCUT2D eigenvalue weighted by atomic mass is 35.5.